The molecule has 0 aliphatic heterocycles. The van der Waals surface area contributed by atoms with Crippen LogP contribution in [0.25, 0.3) is 0 Å². The number of thiophene rings is 1. The van der Waals surface area contributed by atoms with Crippen molar-refractivity contribution in [3.63, 3.8) is 0 Å². The summed E-state index contributed by atoms with van der Waals surface area (Å²) < 4.78 is 1.94. The van der Waals surface area contributed by atoms with Crippen molar-refractivity contribution in [2.75, 3.05) is 0 Å². The zero-order valence-corrected chi connectivity index (χ0v) is 13.5. The van der Waals surface area contributed by atoms with Crippen LogP contribution in [-0.4, -0.2) is 15.8 Å². The van der Waals surface area contributed by atoms with Crippen molar-refractivity contribution < 1.29 is 0 Å². The molecule has 3 nitrogen and oxygen atoms in total. The van der Waals surface area contributed by atoms with Gasteiger partial charge in [-0.1, -0.05) is 18.7 Å². The van der Waals surface area contributed by atoms with Gasteiger partial charge in [-0.2, -0.15) is 5.10 Å². The number of aromatic nitrogens is 2. The Morgan fingerprint density at radius 2 is 2.21 bits per heavy atom. The summed E-state index contributed by atoms with van der Waals surface area (Å²) in [4.78, 5) is 1.39. The Morgan fingerprint density at radius 1 is 1.47 bits per heavy atom. The van der Waals surface area contributed by atoms with Gasteiger partial charge >= 0.3 is 0 Å². The van der Waals surface area contributed by atoms with Crippen molar-refractivity contribution in [2.24, 2.45) is 12.8 Å². The number of hydrogen-bond donors (Lipinski definition) is 1. The molecule has 0 aliphatic rings. The Labute approximate surface area is 123 Å². The van der Waals surface area contributed by atoms with Crippen molar-refractivity contribution in [2.45, 2.75) is 43.5 Å². The molecule has 2 heterocycles. The van der Waals surface area contributed by atoms with Gasteiger partial charge in [-0.05, 0) is 43.3 Å². The normalized spacial score (nSPS) is 14.6. The molecule has 2 atom stereocenters. The molecule has 5 heteroatoms. The van der Waals surface area contributed by atoms with Crippen LogP contribution in [-0.2, 0) is 7.05 Å². The maximum Gasteiger partial charge on any atom is 0.0946 e. The van der Waals surface area contributed by atoms with Crippen LogP contribution in [0.15, 0.2) is 22.5 Å². The molecule has 0 fully saturated rings. The molecule has 0 radical (unpaired) electrons. The molecule has 0 saturated carbocycles. The fraction of sp³-hybridized carbons (Fsp3) is 0.500. The predicted octanol–water partition coefficient (Wildman–Crippen LogP) is 3.67. The second-order valence-corrected chi connectivity index (χ2v) is 6.94. The van der Waals surface area contributed by atoms with Gasteiger partial charge in [0.05, 0.1) is 16.0 Å². The van der Waals surface area contributed by atoms with E-state index in [1.165, 1.54) is 15.5 Å². The summed E-state index contributed by atoms with van der Waals surface area (Å²) in [5.74, 6) is 0. The molecule has 2 aromatic heterocycles. The molecule has 2 N–H and O–H groups in total. The molecule has 104 valence electrons. The summed E-state index contributed by atoms with van der Waals surface area (Å²) in [7, 11) is 1.99. The molecule has 2 rings (SSSR count). The molecule has 0 aliphatic carbocycles. The van der Waals surface area contributed by atoms with E-state index >= 15 is 0 Å². The SMILES string of the molecule is CCC(N)C(Sc1cc(C)nn1C)c1sccc1C. The zero-order valence-electron chi connectivity index (χ0n) is 11.9. The third-order valence-corrected chi connectivity index (χ3v) is 5.94. The third-order valence-electron chi connectivity index (χ3n) is 3.23. The van der Waals surface area contributed by atoms with Gasteiger partial charge in [0.15, 0.2) is 0 Å². The van der Waals surface area contributed by atoms with E-state index in [2.05, 4.69) is 36.5 Å². The van der Waals surface area contributed by atoms with Gasteiger partial charge in [-0.25, -0.2) is 0 Å². The summed E-state index contributed by atoms with van der Waals surface area (Å²) in [5.41, 5.74) is 8.73. The average molecular weight is 295 g/mol. The Balaban J connectivity index is 2.29. The van der Waals surface area contributed by atoms with Gasteiger partial charge in [-0.3, -0.25) is 4.68 Å². The summed E-state index contributed by atoms with van der Waals surface area (Å²) in [5, 5.41) is 8.04. The fourth-order valence-electron chi connectivity index (χ4n) is 2.05. The van der Waals surface area contributed by atoms with Crippen molar-refractivity contribution in [1.29, 1.82) is 0 Å². The maximum atomic E-state index is 6.34. The minimum absolute atomic E-state index is 0.164. The summed E-state index contributed by atoms with van der Waals surface area (Å²) >= 11 is 3.63. The van der Waals surface area contributed by atoms with Crippen molar-refractivity contribution in [1.82, 2.24) is 9.78 Å². The van der Waals surface area contributed by atoms with E-state index in [4.69, 9.17) is 5.73 Å². The Bertz CT molecular complexity index is 545. The molecule has 0 spiro atoms. The van der Waals surface area contributed by atoms with Crippen LogP contribution in [0.2, 0.25) is 0 Å². The van der Waals surface area contributed by atoms with Crippen LogP contribution < -0.4 is 5.73 Å². The highest BCUT2D eigenvalue weighted by molar-refractivity contribution is 7.99. The van der Waals surface area contributed by atoms with E-state index in [1.54, 1.807) is 11.3 Å². The third kappa shape index (κ3) is 3.22. The van der Waals surface area contributed by atoms with Crippen molar-refractivity contribution in [3.05, 3.63) is 33.6 Å². The molecule has 2 unspecified atom stereocenters. The summed E-state index contributed by atoms with van der Waals surface area (Å²) in [6.45, 7) is 6.33. The van der Waals surface area contributed by atoms with Crippen LogP contribution in [0.5, 0.6) is 0 Å². The number of rotatable bonds is 5. The highest BCUT2D eigenvalue weighted by atomic mass is 32.2. The first-order valence-electron chi connectivity index (χ1n) is 6.49. The fourth-order valence-corrected chi connectivity index (χ4v) is 4.70. The van der Waals surface area contributed by atoms with Gasteiger partial charge in [0.1, 0.15) is 0 Å². The number of nitrogens with two attached hydrogens (primary N) is 1. The topological polar surface area (TPSA) is 43.8 Å². The van der Waals surface area contributed by atoms with Crippen molar-refractivity contribution in [3.8, 4) is 0 Å². The molecule has 19 heavy (non-hydrogen) atoms. The lowest BCUT2D eigenvalue weighted by molar-refractivity contribution is 0.632. The van der Waals surface area contributed by atoms with Gasteiger partial charge in [-0.15, -0.1) is 11.3 Å². The van der Waals surface area contributed by atoms with Crippen LogP contribution in [0.1, 0.15) is 34.7 Å². The highest BCUT2D eigenvalue weighted by Crippen LogP contribution is 2.41. The molecule has 2 aromatic rings. The van der Waals surface area contributed by atoms with E-state index < -0.39 is 0 Å². The van der Waals surface area contributed by atoms with Gasteiger partial charge in [0, 0.05) is 18.0 Å². The molecule has 0 bridgehead atoms. The van der Waals surface area contributed by atoms with E-state index in [1.807, 2.05) is 30.4 Å². The molecule has 0 saturated heterocycles. The van der Waals surface area contributed by atoms with Gasteiger partial charge in [0.25, 0.3) is 0 Å². The maximum absolute atomic E-state index is 6.34. The molecular weight excluding hydrogens is 274 g/mol. The molecule has 0 aromatic carbocycles. The quantitative estimate of drug-likeness (QED) is 0.856. The van der Waals surface area contributed by atoms with E-state index in [-0.39, 0.29) is 6.04 Å². The Morgan fingerprint density at radius 3 is 2.68 bits per heavy atom. The lowest BCUT2D eigenvalue weighted by Gasteiger charge is -2.22. The van der Waals surface area contributed by atoms with Crippen molar-refractivity contribution >= 4 is 23.1 Å². The number of nitrogens with zero attached hydrogens (tertiary/aromatic N) is 2. The first kappa shape index (κ1) is 14.6. The first-order valence-corrected chi connectivity index (χ1v) is 8.25. The second kappa shape index (κ2) is 6.11. The summed E-state index contributed by atoms with van der Waals surface area (Å²) in [6, 6.07) is 4.46. The average Bonchev–Trinajstić information content (AvgIpc) is 2.91. The number of hydrogen-bond acceptors (Lipinski definition) is 4. The highest BCUT2D eigenvalue weighted by Gasteiger charge is 2.24. The van der Waals surface area contributed by atoms with E-state index in [0.29, 0.717) is 5.25 Å². The second-order valence-electron chi connectivity index (χ2n) is 4.83. The Hall–Kier alpha value is -0.780. The van der Waals surface area contributed by atoms with Crippen LogP contribution >= 0.6 is 23.1 Å². The minimum atomic E-state index is 0.164. The molecular formula is C14H21N3S2. The van der Waals surface area contributed by atoms with Crippen LogP contribution in [0.3, 0.4) is 0 Å². The lowest BCUT2D eigenvalue weighted by atomic mass is 10.1. The monoisotopic (exact) mass is 295 g/mol. The molecule has 0 amide bonds. The lowest BCUT2D eigenvalue weighted by Crippen LogP contribution is -2.25. The van der Waals surface area contributed by atoms with Gasteiger partial charge in [0.2, 0.25) is 0 Å². The standard InChI is InChI=1S/C14H21N3S2/c1-5-11(15)14(13-9(2)6-7-18-13)19-12-8-10(3)16-17(12)4/h6-8,11,14H,5,15H2,1-4H3. The van der Waals surface area contributed by atoms with Gasteiger partial charge < -0.3 is 5.73 Å². The van der Waals surface area contributed by atoms with Crippen LogP contribution in [0.4, 0.5) is 0 Å². The van der Waals surface area contributed by atoms with E-state index in [0.717, 1.165) is 12.1 Å². The smallest absolute Gasteiger partial charge is 0.0946 e. The minimum Gasteiger partial charge on any atom is -0.326 e. The Kier molecular flexibility index (Phi) is 4.71. The number of thioether (sulfide) groups is 1. The first-order chi connectivity index (χ1) is 9.02. The largest absolute Gasteiger partial charge is 0.326 e. The number of aryl methyl sites for hydroxylation is 3. The summed E-state index contributed by atoms with van der Waals surface area (Å²) in [6.07, 6.45) is 0.978. The van der Waals surface area contributed by atoms with Crippen LogP contribution in [0, 0.1) is 13.8 Å². The predicted molar refractivity (Wildman–Crippen MR) is 83.9 cm³/mol. The van der Waals surface area contributed by atoms with E-state index in [9.17, 15) is 0 Å². The zero-order chi connectivity index (χ0) is 14.0.